The van der Waals surface area contributed by atoms with E-state index >= 15 is 0 Å². The minimum atomic E-state index is -0.0240. The lowest BCUT2D eigenvalue weighted by Gasteiger charge is -2.49. The Balaban J connectivity index is 1.42. The number of nitrogens with zero attached hydrogens (tertiary/aromatic N) is 2. The predicted octanol–water partition coefficient (Wildman–Crippen LogP) is 3.74. The van der Waals surface area contributed by atoms with Crippen molar-refractivity contribution in [1.29, 1.82) is 0 Å². The van der Waals surface area contributed by atoms with Crippen LogP contribution in [0.25, 0.3) is 0 Å². The molecule has 3 saturated heterocycles. The Labute approximate surface area is 158 Å². The second-order valence-corrected chi connectivity index (χ2v) is 7.45. The van der Waals surface area contributed by atoms with Crippen LogP contribution < -0.4 is 10.1 Å². The molecule has 1 N–H and O–H groups in total. The molecule has 0 aliphatic carbocycles. The van der Waals surface area contributed by atoms with E-state index in [0.717, 1.165) is 13.1 Å². The number of carbonyl (C=O) groups is 1. The molecule has 5 nitrogen and oxygen atoms in total. The molecule has 0 spiro atoms. The van der Waals surface area contributed by atoms with Crippen LogP contribution >= 0.6 is 11.6 Å². The smallest absolute Gasteiger partial charge is 0.251 e. The summed E-state index contributed by atoms with van der Waals surface area (Å²) >= 11 is 6.05. The Morgan fingerprint density at radius 2 is 1.96 bits per heavy atom. The fourth-order valence-corrected chi connectivity index (χ4v) is 4.18. The zero-order valence-corrected chi connectivity index (χ0v) is 15.4. The summed E-state index contributed by atoms with van der Waals surface area (Å²) in [6, 6.07) is 9.48. The first kappa shape index (κ1) is 17.3. The van der Waals surface area contributed by atoms with Gasteiger partial charge < -0.3 is 10.1 Å². The summed E-state index contributed by atoms with van der Waals surface area (Å²) in [5.41, 5.74) is 0.641. The van der Waals surface area contributed by atoms with Crippen molar-refractivity contribution in [3.05, 3.63) is 53.3 Å². The van der Waals surface area contributed by atoms with E-state index in [-0.39, 0.29) is 11.9 Å². The van der Waals surface area contributed by atoms with Gasteiger partial charge in [-0.3, -0.25) is 14.7 Å². The lowest BCUT2D eigenvalue weighted by Crippen LogP contribution is -2.62. The van der Waals surface area contributed by atoms with Crippen LogP contribution in [0.2, 0.25) is 5.02 Å². The van der Waals surface area contributed by atoms with Crippen LogP contribution in [0.15, 0.2) is 42.7 Å². The molecule has 1 aromatic carbocycles. The standard InChI is InChI=1S/C20H22ClN3O2/c1-13-19(14-7-10-24(13)11-8-14)23-20(25)15-2-4-16(5-3-15)26-18-6-9-22-12-17(18)21/h2-6,9,12-14,19H,7-8,10-11H2,1H3,(H,23,25)/t13-,19-/m0/s1. The molecule has 0 saturated carbocycles. The van der Waals surface area contributed by atoms with Gasteiger partial charge in [-0.25, -0.2) is 0 Å². The fraction of sp³-hybridized carbons (Fsp3) is 0.400. The van der Waals surface area contributed by atoms with Crippen LogP contribution in [0.1, 0.15) is 30.1 Å². The van der Waals surface area contributed by atoms with E-state index in [1.807, 2.05) is 0 Å². The molecule has 4 heterocycles. The maximum atomic E-state index is 12.7. The summed E-state index contributed by atoms with van der Waals surface area (Å²) in [5.74, 6) is 1.74. The van der Waals surface area contributed by atoms with E-state index in [0.29, 0.717) is 34.0 Å². The Bertz CT molecular complexity index is 786. The average molecular weight is 372 g/mol. The number of hydrogen-bond acceptors (Lipinski definition) is 4. The maximum absolute atomic E-state index is 12.7. The van der Waals surface area contributed by atoms with Crippen LogP contribution in [0.4, 0.5) is 0 Å². The van der Waals surface area contributed by atoms with Crippen LogP contribution in [0.5, 0.6) is 11.5 Å². The average Bonchev–Trinajstić information content (AvgIpc) is 2.67. The summed E-state index contributed by atoms with van der Waals surface area (Å²) in [6.45, 7) is 4.52. The zero-order valence-electron chi connectivity index (χ0n) is 14.7. The number of ether oxygens (including phenoxy) is 1. The Morgan fingerprint density at radius 3 is 2.62 bits per heavy atom. The highest BCUT2D eigenvalue weighted by Gasteiger charge is 2.40. The van der Waals surface area contributed by atoms with Gasteiger partial charge in [0.15, 0.2) is 0 Å². The third kappa shape index (κ3) is 3.41. The molecule has 0 radical (unpaired) electrons. The van der Waals surface area contributed by atoms with Gasteiger partial charge in [0.2, 0.25) is 0 Å². The van der Waals surface area contributed by atoms with Crippen molar-refractivity contribution < 1.29 is 9.53 Å². The SMILES string of the molecule is C[C@H]1[C@H](NC(=O)c2ccc(Oc3ccncc3Cl)cc2)C2CCN1CC2. The van der Waals surface area contributed by atoms with E-state index < -0.39 is 0 Å². The number of carbonyl (C=O) groups excluding carboxylic acids is 1. The van der Waals surface area contributed by atoms with E-state index in [4.69, 9.17) is 16.3 Å². The molecule has 1 aromatic heterocycles. The lowest BCUT2D eigenvalue weighted by atomic mass is 9.79. The summed E-state index contributed by atoms with van der Waals surface area (Å²) in [6.07, 6.45) is 5.51. The van der Waals surface area contributed by atoms with Crippen LogP contribution in [0.3, 0.4) is 0 Å². The molecule has 26 heavy (non-hydrogen) atoms. The van der Waals surface area contributed by atoms with Crippen molar-refractivity contribution in [2.45, 2.75) is 31.8 Å². The molecule has 3 aliphatic heterocycles. The number of halogens is 1. The van der Waals surface area contributed by atoms with Crippen molar-refractivity contribution in [1.82, 2.24) is 15.2 Å². The Morgan fingerprint density at radius 1 is 1.23 bits per heavy atom. The first-order valence-corrected chi connectivity index (χ1v) is 9.42. The molecule has 2 atom stereocenters. The first-order valence-electron chi connectivity index (χ1n) is 9.04. The normalized spacial score (nSPS) is 27.2. The quantitative estimate of drug-likeness (QED) is 0.889. The molecule has 2 bridgehead atoms. The van der Waals surface area contributed by atoms with Crippen molar-refractivity contribution in [2.75, 3.05) is 13.1 Å². The van der Waals surface area contributed by atoms with Crippen molar-refractivity contribution >= 4 is 17.5 Å². The monoisotopic (exact) mass is 371 g/mol. The maximum Gasteiger partial charge on any atom is 0.251 e. The summed E-state index contributed by atoms with van der Waals surface area (Å²) in [5, 5.41) is 3.69. The van der Waals surface area contributed by atoms with Gasteiger partial charge in [0.25, 0.3) is 5.91 Å². The van der Waals surface area contributed by atoms with Gasteiger partial charge in [-0.1, -0.05) is 11.6 Å². The zero-order chi connectivity index (χ0) is 18.1. The largest absolute Gasteiger partial charge is 0.456 e. The highest BCUT2D eigenvalue weighted by atomic mass is 35.5. The molecule has 6 heteroatoms. The molecule has 2 aromatic rings. The Hall–Kier alpha value is -2.11. The molecule has 3 aliphatic rings. The second-order valence-electron chi connectivity index (χ2n) is 7.05. The van der Waals surface area contributed by atoms with E-state index in [9.17, 15) is 4.79 Å². The number of amides is 1. The molecular formula is C20H22ClN3O2. The number of piperidine rings is 3. The van der Waals surface area contributed by atoms with Crippen LogP contribution in [-0.2, 0) is 0 Å². The van der Waals surface area contributed by atoms with Gasteiger partial charge >= 0.3 is 0 Å². The molecule has 3 fully saturated rings. The van der Waals surface area contributed by atoms with E-state index in [1.54, 1.807) is 36.5 Å². The summed E-state index contributed by atoms with van der Waals surface area (Å²) in [4.78, 5) is 19.1. The van der Waals surface area contributed by atoms with Gasteiger partial charge in [0.1, 0.15) is 16.5 Å². The number of fused-ring (bicyclic) bond motifs is 3. The molecule has 5 rings (SSSR count). The lowest BCUT2D eigenvalue weighted by molar-refractivity contribution is 0.0217. The van der Waals surface area contributed by atoms with Gasteiger partial charge in [-0.15, -0.1) is 0 Å². The molecular weight excluding hydrogens is 350 g/mol. The summed E-state index contributed by atoms with van der Waals surface area (Å²) < 4.78 is 5.74. The summed E-state index contributed by atoms with van der Waals surface area (Å²) in [7, 11) is 0. The topological polar surface area (TPSA) is 54.5 Å². The fourth-order valence-electron chi connectivity index (χ4n) is 4.03. The minimum absolute atomic E-state index is 0.0240. The minimum Gasteiger partial charge on any atom is -0.456 e. The van der Waals surface area contributed by atoms with E-state index in [2.05, 4.69) is 22.1 Å². The number of aromatic nitrogens is 1. The molecule has 1 amide bonds. The van der Waals surface area contributed by atoms with Gasteiger partial charge in [-0.2, -0.15) is 0 Å². The molecule has 0 unspecified atom stereocenters. The number of nitrogens with one attached hydrogen (secondary N) is 1. The highest BCUT2D eigenvalue weighted by Crippen LogP contribution is 2.32. The van der Waals surface area contributed by atoms with Gasteiger partial charge in [0.05, 0.1) is 0 Å². The third-order valence-corrected chi connectivity index (χ3v) is 5.84. The van der Waals surface area contributed by atoms with Crippen molar-refractivity contribution in [3.63, 3.8) is 0 Å². The predicted molar refractivity (Wildman–Crippen MR) is 101 cm³/mol. The van der Waals surface area contributed by atoms with Crippen molar-refractivity contribution in [2.24, 2.45) is 5.92 Å². The third-order valence-electron chi connectivity index (χ3n) is 5.56. The number of rotatable bonds is 4. The Kier molecular flexibility index (Phi) is 4.83. The van der Waals surface area contributed by atoms with Gasteiger partial charge in [0, 0.05) is 36.1 Å². The van der Waals surface area contributed by atoms with E-state index in [1.165, 1.54) is 19.0 Å². The number of pyridine rings is 1. The van der Waals surface area contributed by atoms with Crippen LogP contribution in [0, 0.1) is 5.92 Å². The second kappa shape index (κ2) is 7.25. The molecule has 136 valence electrons. The number of hydrogen-bond donors (Lipinski definition) is 1. The van der Waals surface area contributed by atoms with Crippen molar-refractivity contribution in [3.8, 4) is 11.5 Å². The highest BCUT2D eigenvalue weighted by molar-refractivity contribution is 6.31. The first-order chi connectivity index (χ1) is 12.6. The van der Waals surface area contributed by atoms with Crippen LogP contribution in [-0.4, -0.2) is 41.0 Å². The number of benzene rings is 1. The van der Waals surface area contributed by atoms with Gasteiger partial charge in [-0.05, 0) is 63.0 Å².